The average molecular weight is 450 g/mol. The Morgan fingerprint density at radius 2 is 1.71 bits per heavy atom. The molecule has 0 aliphatic carbocycles. The van der Waals surface area contributed by atoms with Gasteiger partial charge in [0.25, 0.3) is 10.0 Å². The molecule has 0 aromatic heterocycles. The molecule has 9 nitrogen and oxygen atoms in total. The lowest BCUT2D eigenvalue weighted by Crippen LogP contribution is -2.26. The number of hydrogen-bond donors (Lipinski definition) is 1. The molecule has 0 spiro atoms. The first-order chi connectivity index (χ1) is 14.4. The molecule has 1 amide bonds. The van der Waals surface area contributed by atoms with Crippen LogP contribution < -0.4 is 15.2 Å². The highest BCUT2D eigenvalue weighted by Gasteiger charge is 2.27. The van der Waals surface area contributed by atoms with Crippen molar-refractivity contribution in [2.75, 3.05) is 12.4 Å². The predicted octanol–water partition coefficient (Wildman–Crippen LogP) is 3.30. The number of ether oxygens (including phenoxy) is 3. The van der Waals surface area contributed by atoms with Crippen molar-refractivity contribution in [1.29, 1.82) is 0 Å². The minimum atomic E-state index is -4.47. The molecule has 0 unspecified atom stereocenters. The summed E-state index contributed by atoms with van der Waals surface area (Å²) in [6.45, 7) is 4.98. The molecular formula is C21H25N2O7S. The monoisotopic (exact) mass is 449 g/mol. The normalized spacial score (nSPS) is 11.5. The van der Waals surface area contributed by atoms with E-state index < -0.39 is 39.0 Å². The molecule has 0 aliphatic rings. The zero-order valence-corrected chi connectivity index (χ0v) is 18.5. The van der Waals surface area contributed by atoms with Gasteiger partial charge in [0.1, 0.15) is 18.0 Å². The highest BCUT2D eigenvalue weighted by atomic mass is 32.2. The van der Waals surface area contributed by atoms with E-state index in [0.717, 1.165) is 11.6 Å². The smallest absolute Gasteiger partial charge is 0.412 e. The molecule has 167 valence electrons. The van der Waals surface area contributed by atoms with E-state index in [-0.39, 0.29) is 23.6 Å². The molecule has 0 fully saturated rings. The van der Waals surface area contributed by atoms with Crippen LogP contribution >= 0.6 is 0 Å². The van der Waals surface area contributed by atoms with Gasteiger partial charge in [-0.25, -0.2) is 13.2 Å². The molecule has 0 heterocycles. The molecule has 2 aromatic carbocycles. The summed E-state index contributed by atoms with van der Waals surface area (Å²) in [5, 5.41) is 9.91. The van der Waals surface area contributed by atoms with Gasteiger partial charge in [-0.15, -0.1) is 5.14 Å². The Bertz CT molecular complexity index is 1050. The Labute approximate surface area is 181 Å². The number of benzene rings is 2. The standard InChI is InChI=1S/C21H25N2O7S/c1-21(2,3)30-18(24)12-15-17(31(22,26)27)11-10-16(28-4)19(15)23-20(25)29-13-14-8-6-5-7-9-14/h5-11,22H,12-13H2,1-4H3,(H,23,25). The molecule has 0 aliphatic heterocycles. The van der Waals surface area contributed by atoms with Crippen molar-refractivity contribution >= 4 is 27.8 Å². The molecule has 31 heavy (non-hydrogen) atoms. The van der Waals surface area contributed by atoms with Gasteiger partial charge in [0, 0.05) is 5.56 Å². The number of nitrogens with one attached hydrogen (secondary N) is 2. The van der Waals surface area contributed by atoms with Crippen LogP contribution in [0.2, 0.25) is 0 Å². The van der Waals surface area contributed by atoms with Crippen molar-refractivity contribution in [3.8, 4) is 5.75 Å². The van der Waals surface area contributed by atoms with Crippen LogP contribution in [0.25, 0.3) is 0 Å². The molecule has 2 aromatic rings. The fraction of sp³-hybridized carbons (Fsp3) is 0.333. The zero-order valence-electron chi connectivity index (χ0n) is 17.7. The Morgan fingerprint density at radius 3 is 2.26 bits per heavy atom. The van der Waals surface area contributed by atoms with Crippen LogP contribution in [0.3, 0.4) is 0 Å². The van der Waals surface area contributed by atoms with E-state index in [1.54, 1.807) is 45.0 Å². The van der Waals surface area contributed by atoms with Crippen molar-refractivity contribution in [3.05, 3.63) is 53.6 Å². The van der Waals surface area contributed by atoms with E-state index in [9.17, 15) is 18.0 Å². The first kappa shape index (κ1) is 24.2. The number of sulfonamides is 1. The largest absolute Gasteiger partial charge is 0.495 e. The summed E-state index contributed by atoms with van der Waals surface area (Å²) < 4.78 is 39.7. The lowest BCUT2D eigenvalue weighted by Gasteiger charge is -2.21. The highest BCUT2D eigenvalue weighted by molar-refractivity contribution is 7.88. The van der Waals surface area contributed by atoms with Gasteiger partial charge in [-0.3, -0.25) is 10.1 Å². The fourth-order valence-electron chi connectivity index (χ4n) is 2.72. The molecule has 0 atom stereocenters. The Kier molecular flexibility index (Phi) is 7.64. The van der Waals surface area contributed by atoms with Crippen LogP contribution in [-0.2, 0) is 37.3 Å². The zero-order chi connectivity index (χ0) is 23.2. The number of amides is 1. The van der Waals surface area contributed by atoms with E-state index in [0.29, 0.717) is 0 Å². The number of methoxy groups -OCH3 is 1. The van der Waals surface area contributed by atoms with Gasteiger partial charge in [0.05, 0.1) is 24.1 Å². The van der Waals surface area contributed by atoms with Gasteiger partial charge in [-0.2, -0.15) is 0 Å². The maximum absolute atomic E-state index is 12.4. The number of rotatable bonds is 7. The van der Waals surface area contributed by atoms with Gasteiger partial charge >= 0.3 is 12.1 Å². The number of carbonyl (C=O) groups excluding carboxylic acids is 2. The summed E-state index contributed by atoms with van der Waals surface area (Å²) in [5.41, 5.74) is -0.265. The van der Waals surface area contributed by atoms with Crippen LogP contribution in [-0.4, -0.2) is 33.2 Å². The van der Waals surface area contributed by atoms with Gasteiger partial charge in [0.2, 0.25) is 0 Å². The number of carbonyl (C=O) groups is 2. The van der Waals surface area contributed by atoms with Crippen LogP contribution in [0.15, 0.2) is 47.4 Å². The number of hydrogen-bond acceptors (Lipinski definition) is 7. The fourth-order valence-corrected chi connectivity index (χ4v) is 3.47. The quantitative estimate of drug-likeness (QED) is 0.641. The SMILES string of the molecule is COc1ccc(S([NH])(=O)=O)c(CC(=O)OC(C)(C)C)c1NC(=O)OCc1ccccc1. The van der Waals surface area contributed by atoms with Gasteiger partial charge < -0.3 is 14.2 Å². The van der Waals surface area contributed by atoms with Crippen molar-refractivity contribution in [2.24, 2.45) is 0 Å². The topological polar surface area (TPSA) is 132 Å². The molecule has 2 rings (SSSR count). The van der Waals surface area contributed by atoms with E-state index in [1.165, 1.54) is 13.2 Å². The minimum absolute atomic E-state index is 0.0210. The minimum Gasteiger partial charge on any atom is -0.495 e. The van der Waals surface area contributed by atoms with Gasteiger partial charge in [-0.1, -0.05) is 30.3 Å². The second kappa shape index (κ2) is 9.80. The van der Waals surface area contributed by atoms with Crippen molar-refractivity contribution in [3.63, 3.8) is 0 Å². The predicted molar refractivity (Wildman–Crippen MR) is 113 cm³/mol. The summed E-state index contributed by atoms with van der Waals surface area (Å²) in [6, 6.07) is 11.4. The second-order valence-corrected chi connectivity index (χ2v) is 9.02. The third-order valence-corrected chi connectivity index (χ3v) is 4.88. The second-order valence-electron chi connectivity index (χ2n) is 7.57. The third kappa shape index (κ3) is 7.26. The van der Waals surface area contributed by atoms with E-state index in [4.69, 9.17) is 19.3 Å². The molecule has 10 heteroatoms. The first-order valence-corrected chi connectivity index (χ1v) is 10.8. The Morgan fingerprint density at radius 1 is 1.06 bits per heavy atom. The summed E-state index contributed by atoms with van der Waals surface area (Å²) in [7, 11) is -3.15. The van der Waals surface area contributed by atoms with E-state index in [1.807, 2.05) is 6.07 Å². The van der Waals surface area contributed by atoms with E-state index in [2.05, 4.69) is 5.32 Å². The van der Waals surface area contributed by atoms with Crippen molar-refractivity contribution < 1.29 is 32.2 Å². The molecule has 2 N–H and O–H groups in total. The van der Waals surface area contributed by atoms with Crippen molar-refractivity contribution in [2.45, 2.75) is 44.3 Å². The molecule has 0 saturated heterocycles. The van der Waals surface area contributed by atoms with Crippen LogP contribution in [0, 0.1) is 0 Å². The van der Waals surface area contributed by atoms with E-state index >= 15 is 0 Å². The lowest BCUT2D eigenvalue weighted by molar-refractivity contribution is -0.153. The molecule has 0 bridgehead atoms. The number of esters is 1. The van der Waals surface area contributed by atoms with Crippen LogP contribution in [0.4, 0.5) is 10.5 Å². The third-order valence-electron chi connectivity index (χ3n) is 3.92. The Balaban J connectivity index is 2.38. The average Bonchev–Trinajstić information content (AvgIpc) is 2.66. The van der Waals surface area contributed by atoms with Crippen molar-refractivity contribution in [1.82, 2.24) is 5.14 Å². The molecule has 0 saturated carbocycles. The summed E-state index contributed by atoms with van der Waals surface area (Å²) in [6.07, 6.45) is -1.39. The highest BCUT2D eigenvalue weighted by Crippen LogP contribution is 2.34. The van der Waals surface area contributed by atoms with Crippen LogP contribution in [0.5, 0.6) is 5.75 Å². The maximum Gasteiger partial charge on any atom is 0.412 e. The van der Waals surface area contributed by atoms with Gasteiger partial charge in [0.15, 0.2) is 0 Å². The maximum atomic E-state index is 12.4. The van der Waals surface area contributed by atoms with Gasteiger partial charge in [-0.05, 0) is 38.5 Å². The summed E-state index contributed by atoms with van der Waals surface area (Å²) in [4.78, 5) is 24.3. The lowest BCUT2D eigenvalue weighted by atomic mass is 10.1. The molecular weight excluding hydrogens is 424 g/mol. The number of anilines is 1. The first-order valence-electron chi connectivity index (χ1n) is 9.30. The summed E-state index contributed by atoms with van der Waals surface area (Å²) >= 11 is 0. The molecule has 1 radical (unpaired) electrons. The van der Waals surface area contributed by atoms with Crippen LogP contribution in [0.1, 0.15) is 31.9 Å². The Hall–Kier alpha value is -3.11. The summed E-state index contributed by atoms with van der Waals surface area (Å²) in [5.74, 6) is -0.631.